The molecular weight excluding hydrogens is 745 g/mol. The van der Waals surface area contributed by atoms with E-state index in [1.54, 1.807) is 22.3 Å². The molecule has 5 aromatic rings. The summed E-state index contributed by atoms with van der Waals surface area (Å²) in [5, 5.41) is 0.881. The van der Waals surface area contributed by atoms with Gasteiger partial charge >= 0.3 is 18.0 Å². The van der Waals surface area contributed by atoms with Gasteiger partial charge in [-0.05, 0) is 102 Å². The molecule has 1 unspecified atom stereocenters. The fourth-order valence-electron chi connectivity index (χ4n) is 6.04. The molecule has 0 radical (unpaired) electrons. The van der Waals surface area contributed by atoms with Crippen LogP contribution in [0.2, 0.25) is 0 Å². The number of hydrogen-bond donors (Lipinski definition) is 0. The van der Waals surface area contributed by atoms with Gasteiger partial charge in [0.15, 0.2) is 0 Å². The van der Waals surface area contributed by atoms with E-state index in [0.717, 1.165) is 37.7 Å². The van der Waals surface area contributed by atoms with Crippen LogP contribution in [-0.4, -0.2) is 86.8 Å². The van der Waals surface area contributed by atoms with E-state index in [9.17, 15) is 14.4 Å². The molecular formula is C44H52N4O8S. The Bertz CT molecular complexity index is 2180. The quantitative estimate of drug-likeness (QED) is 0.0742. The number of thiazole rings is 1. The lowest BCUT2D eigenvalue weighted by atomic mass is 9.97. The lowest BCUT2D eigenvalue weighted by Crippen LogP contribution is -2.50. The summed E-state index contributed by atoms with van der Waals surface area (Å²) in [7, 11) is 6.43. The number of esters is 2. The van der Waals surface area contributed by atoms with E-state index >= 15 is 0 Å². The Kier molecular flexibility index (Phi) is 13.6. The van der Waals surface area contributed by atoms with Gasteiger partial charge in [-0.2, -0.15) is 0 Å². The Hall–Kier alpha value is -5.53. The van der Waals surface area contributed by atoms with Gasteiger partial charge < -0.3 is 28.6 Å². The molecule has 57 heavy (non-hydrogen) atoms. The number of amides is 1. The van der Waals surface area contributed by atoms with E-state index in [-0.39, 0.29) is 17.2 Å². The fourth-order valence-corrected chi connectivity index (χ4v) is 7.04. The molecule has 5 rings (SSSR count). The van der Waals surface area contributed by atoms with Crippen LogP contribution in [0.5, 0.6) is 5.75 Å². The molecule has 302 valence electrons. The first-order chi connectivity index (χ1) is 27.0. The van der Waals surface area contributed by atoms with Crippen molar-refractivity contribution in [3.63, 3.8) is 0 Å². The highest BCUT2D eigenvalue weighted by Gasteiger charge is 2.36. The predicted molar refractivity (Wildman–Crippen MR) is 225 cm³/mol. The molecule has 3 aromatic carbocycles. The van der Waals surface area contributed by atoms with Crippen molar-refractivity contribution >= 4 is 51.1 Å². The molecule has 2 heterocycles. The van der Waals surface area contributed by atoms with Crippen LogP contribution in [0.4, 0.5) is 16.3 Å². The molecule has 0 N–H and O–H groups in total. The second-order valence-corrected chi connectivity index (χ2v) is 16.5. The summed E-state index contributed by atoms with van der Waals surface area (Å²) in [4.78, 5) is 51.4. The Balaban J connectivity index is 1.25. The van der Waals surface area contributed by atoms with Crippen molar-refractivity contribution in [3.8, 4) is 27.4 Å². The molecule has 0 aliphatic rings. The summed E-state index contributed by atoms with van der Waals surface area (Å²) >= 11 is 1.57. The van der Waals surface area contributed by atoms with Gasteiger partial charge in [0.2, 0.25) is 0 Å². The number of carbonyl (C=O) groups is 3. The Morgan fingerprint density at radius 1 is 0.789 bits per heavy atom. The van der Waals surface area contributed by atoms with Crippen molar-refractivity contribution in [1.29, 1.82) is 0 Å². The van der Waals surface area contributed by atoms with E-state index in [2.05, 4.69) is 35.3 Å². The predicted octanol–water partition coefficient (Wildman–Crippen LogP) is 9.45. The summed E-state index contributed by atoms with van der Waals surface area (Å²) in [6.45, 7) is 12.2. The number of pyridine rings is 1. The molecule has 0 aliphatic heterocycles. The van der Waals surface area contributed by atoms with Gasteiger partial charge in [-0.25, -0.2) is 24.4 Å². The summed E-state index contributed by atoms with van der Waals surface area (Å²) in [6, 6.07) is 22.8. The maximum Gasteiger partial charge on any atom is 0.415 e. The molecule has 2 aromatic heterocycles. The van der Waals surface area contributed by atoms with Gasteiger partial charge in [-0.3, -0.25) is 4.90 Å². The normalized spacial score (nSPS) is 12.2. The Morgan fingerprint density at radius 2 is 1.46 bits per heavy atom. The lowest BCUT2D eigenvalue weighted by molar-refractivity contribution is 0.0362. The molecule has 12 nitrogen and oxygen atoms in total. The minimum atomic E-state index is -0.702. The third kappa shape index (κ3) is 10.9. The average molecular weight is 797 g/mol. The van der Waals surface area contributed by atoms with E-state index in [4.69, 9.17) is 28.7 Å². The molecule has 13 heteroatoms. The van der Waals surface area contributed by atoms with Crippen molar-refractivity contribution in [2.75, 3.05) is 51.3 Å². The van der Waals surface area contributed by atoms with E-state index in [1.165, 1.54) is 26.4 Å². The van der Waals surface area contributed by atoms with Crippen molar-refractivity contribution in [2.45, 2.75) is 71.6 Å². The summed E-state index contributed by atoms with van der Waals surface area (Å²) < 4.78 is 28.6. The third-order valence-electron chi connectivity index (χ3n) is 9.19. The Morgan fingerprint density at radius 3 is 2.09 bits per heavy atom. The number of rotatable bonds is 15. The largest absolute Gasteiger partial charge is 0.493 e. The van der Waals surface area contributed by atoms with Crippen LogP contribution in [0, 0.1) is 0 Å². The van der Waals surface area contributed by atoms with Crippen LogP contribution >= 0.6 is 11.3 Å². The fraction of sp³-hybridized carbons (Fsp3) is 0.386. The standard InChI is InChI=1S/C44H52N4O8S/c1-28(21-23-55-33-17-18-34(40(49)52-9)35(26-33)41(50)53-10)54-24-22-44(5,6)48(42(51)56-43(2,3)4)32-16-19-36-37(25-32)57-39(46-36)30-13-11-29(12-14-30)31-15-20-38(45-27-31)47(7)8/h11-20,25-28H,21-24H2,1-10H3. The minimum absolute atomic E-state index is 0.0591. The molecule has 0 saturated carbocycles. The average Bonchev–Trinajstić information content (AvgIpc) is 3.60. The highest BCUT2D eigenvalue weighted by Crippen LogP contribution is 2.37. The maximum absolute atomic E-state index is 13.9. The highest BCUT2D eigenvalue weighted by atomic mass is 32.1. The Labute approximate surface area is 338 Å². The van der Waals surface area contributed by atoms with Crippen LogP contribution in [0.15, 0.2) is 79.0 Å². The molecule has 1 amide bonds. The molecule has 0 aliphatic carbocycles. The van der Waals surface area contributed by atoms with Gasteiger partial charge in [-0.15, -0.1) is 11.3 Å². The number of methoxy groups -OCH3 is 2. The SMILES string of the molecule is COC(=O)c1ccc(OCCC(C)OCCC(C)(C)N(C(=O)OC(C)(C)C)c2ccc3nc(-c4ccc(-c5ccc(N(C)C)nc5)cc4)sc3c2)cc1C(=O)OC. The smallest absolute Gasteiger partial charge is 0.415 e. The van der Waals surface area contributed by atoms with Gasteiger partial charge in [0.25, 0.3) is 0 Å². The van der Waals surface area contributed by atoms with E-state index in [1.807, 2.05) is 91.0 Å². The number of benzene rings is 3. The van der Waals surface area contributed by atoms with Crippen molar-refractivity contribution in [3.05, 3.63) is 90.1 Å². The summed E-state index contributed by atoms with van der Waals surface area (Å²) in [5.74, 6) is 0.00177. The summed E-state index contributed by atoms with van der Waals surface area (Å²) in [5.41, 5.74) is 3.41. The van der Waals surface area contributed by atoms with Crippen LogP contribution in [0.25, 0.3) is 31.9 Å². The topological polar surface area (TPSA) is 130 Å². The maximum atomic E-state index is 13.9. The number of aromatic nitrogens is 2. The van der Waals surface area contributed by atoms with Gasteiger partial charge in [0.1, 0.15) is 22.2 Å². The van der Waals surface area contributed by atoms with Crippen LogP contribution in [0.3, 0.4) is 0 Å². The van der Waals surface area contributed by atoms with Crippen molar-refractivity contribution in [2.24, 2.45) is 0 Å². The van der Waals surface area contributed by atoms with Gasteiger partial charge in [-0.1, -0.05) is 24.3 Å². The first-order valence-corrected chi connectivity index (χ1v) is 19.5. The first kappa shape index (κ1) is 42.6. The molecule has 0 spiro atoms. The zero-order valence-electron chi connectivity index (χ0n) is 34.4. The molecule has 0 fully saturated rings. The second-order valence-electron chi connectivity index (χ2n) is 15.4. The number of fused-ring (bicyclic) bond motifs is 1. The van der Waals surface area contributed by atoms with E-state index < -0.39 is 29.2 Å². The number of hydrogen-bond acceptors (Lipinski definition) is 12. The lowest BCUT2D eigenvalue weighted by Gasteiger charge is -2.39. The third-order valence-corrected chi connectivity index (χ3v) is 10.3. The van der Waals surface area contributed by atoms with E-state index in [0.29, 0.717) is 37.5 Å². The first-order valence-electron chi connectivity index (χ1n) is 18.7. The number of nitrogens with zero attached hydrogens (tertiary/aromatic N) is 4. The minimum Gasteiger partial charge on any atom is -0.493 e. The van der Waals surface area contributed by atoms with Crippen molar-refractivity contribution in [1.82, 2.24) is 9.97 Å². The monoisotopic (exact) mass is 796 g/mol. The molecule has 1 atom stereocenters. The zero-order chi connectivity index (χ0) is 41.5. The second kappa shape index (κ2) is 18.2. The van der Waals surface area contributed by atoms with Crippen molar-refractivity contribution < 1.29 is 38.1 Å². The van der Waals surface area contributed by atoms with Gasteiger partial charge in [0, 0.05) is 55.7 Å². The number of carbonyl (C=O) groups excluding carboxylic acids is 3. The number of ether oxygens (including phenoxy) is 5. The molecule has 0 bridgehead atoms. The zero-order valence-corrected chi connectivity index (χ0v) is 35.2. The van der Waals surface area contributed by atoms with Crippen LogP contribution in [0.1, 0.15) is 75.1 Å². The highest BCUT2D eigenvalue weighted by molar-refractivity contribution is 7.21. The van der Waals surface area contributed by atoms with Crippen LogP contribution < -0.4 is 14.5 Å². The molecule has 0 saturated heterocycles. The van der Waals surface area contributed by atoms with Gasteiger partial charge in [0.05, 0.1) is 48.3 Å². The number of anilines is 2. The van der Waals surface area contributed by atoms with Crippen LogP contribution in [-0.2, 0) is 18.9 Å². The summed E-state index contributed by atoms with van der Waals surface area (Å²) in [6.07, 6.45) is 2.32.